The van der Waals surface area contributed by atoms with Gasteiger partial charge in [-0.15, -0.1) is 24.0 Å². The Morgan fingerprint density at radius 3 is 2.43 bits per heavy atom. The second-order valence-electron chi connectivity index (χ2n) is 7.07. The maximum Gasteiger partial charge on any atom is 0.191 e. The van der Waals surface area contributed by atoms with Crippen molar-refractivity contribution < 1.29 is 4.74 Å². The Bertz CT molecular complexity index is 337. The van der Waals surface area contributed by atoms with Crippen LogP contribution < -0.4 is 10.6 Å². The smallest absolute Gasteiger partial charge is 0.191 e. The van der Waals surface area contributed by atoms with Crippen molar-refractivity contribution in [2.24, 2.45) is 16.8 Å². The molecule has 0 aromatic carbocycles. The van der Waals surface area contributed by atoms with Crippen LogP contribution in [0.5, 0.6) is 0 Å². The van der Waals surface area contributed by atoms with E-state index < -0.39 is 0 Å². The van der Waals surface area contributed by atoms with Gasteiger partial charge < -0.3 is 15.4 Å². The zero-order valence-electron chi connectivity index (χ0n) is 15.8. The zero-order valence-corrected chi connectivity index (χ0v) is 18.1. The number of nitrogens with one attached hydrogen (secondary N) is 2. The number of likely N-dealkylation sites (tertiary alicyclic amines) is 1. The number of halogens is 1. The molecule has 1 heterocycles. The van der Waals surface area contributed by atoms with Gasteiger partial charge in [-0.2, -0.15) is 0 Å². The summed E-state index contributed by atoms with van der Waals surface area (Å²) in [6, 6.07) is 1.08. The van der Waals surface area contributed by atoms with Gasteiger partial charge in [0.2, 0.25) is 0 Å². The predicted octanol–water partition coefficient (Wildman–Crippen LogP) is 2.56. The Hall–Kier alpha value is -0.0800. The molecule has 0 spiro atoms. The van der Waals surface area contributed by atoms with E-state index in [-0.39, 0.29) is 24.0 Å². The highest BCUT2D eigenvalue weighted by molar-refractivity contribution is 14.0. The third kappa shape index (κ3) is 9.10. The number of nitrogens with zero attached hydrogens (tertiary/aromatic N) is 2. The van der Waals surface area contributed by atoms with Crippen LogP contribution in [0.2, 0.25) is 0 Å². The van der Waals surface area contributed by atoms with Gasteiger partial charge in [-0.1, -0.05) is 20.8 Å². The number of rotatable bonds is 8. The van der Waals surface area contributed by atoms with Gasteiger partial charge in [0.15, 0.2) is 5.96 Å². The van der Waals surface area contributed by atoms with Crippen LogP contribution in [0.25, 0.3) is 0 Å². The fraction of sp³-hybridized carbons (Fsp3) is 0.941. The first-order valence-corrected chi connectivity index (χ1v) is 8.73. The van der Waals surface area contributed by atoms with Gasteiger partial charge >= 0.3 is 0 Å². The Balaban J connectivity index is 0.00000484. The van der Waals surface area contributed by atoms with Crippen LogP contribution in [-0.2, 0) is 4.74 Å². The summed E-state index contributed by atoms with van der Waals surface area (Å²) in [5.74, 6) is 2.23. The fourth-order valence-electron chi connectivity index (χ4n) is 2.65. The summed E-state index contributed by atoms with van der Waals surface area (Å²) in [5, 5.41) is 6.90. The van der Waals surface area contributed by atoms with Crippen molar-refractivity contribution in [3.05, 3.63) is 0 Å². The second kappa shape index (κ2) is 12.3. The summed E-state index contributed by atoms with van der Waals surface area (Å²) in [6.07, 6.45) is 1.12. The van der Waals surface area contributed by atoms with Crippen LogP contribution in [0, 0.1) is 11.8 Å². The number of hydrogen-bond donors (Lipinski definition) is 2. The van der Waals surface area contributed by atoms with E-state index in [4.69, 9.17) is 4.74 Å². The van der Waals surface area contributed by atoms with Crippen LogP contribution in [-0.4, -0.2) is 62.8 Å². The van der Waals surface area contributed by atoms with Gasteiger partial charge in [-0.05, 0) is 32.1 Å². The molecule has 1 aliphatic rings. The number of ether oxygens (including phenoxy) is 1. The molecule has 2 atom stereocenters. The second-order valence-corrected chi connectivity index (χ2v) is 7.07. The number of aliphatic imine (C=N–C) groups is 1. The fourth-order valence-corrected chi connectivity index (χ4v) is 2.65. The summed E-state index contributed by atoms with van der Waals surface area (Å²) in [6.45, 7) is 15.9. The highest BCUT2D eigenvalue weighted by Crippen LogP contribution is 2.18. The van der Waals surface area contributed by atoms with Crippen molar-refractivity contribution in [1.29, 1.82) is 0 Å². The Morgan fingerprint density at radius 2 is 1.91 bits per heavy atom. The van der Waals surface area contributed by atoms with E-state index in [9.17, 15) is 0 Å². The lowest BCUT2D eigenvalue weighted by molar-refractivity contribution is 0.128. The van der Waals surface area contributed by atoms with E-state index in [1.807, 2.05) is 7.05 Å². The van der Waals surface area contributed by atoms with E-state index >= 15 is 0 Å². The zero-order chi connectivity index (χ0) is 16.5. The SMILES string of the molecule is CN=C(NCCOCCC(C)C)NC1CN(C(C)C)CC1C.I. The molecule has 5 nitrogen and oxygen atoms in total. The molecular weight excluding hydrogens is 403 g/mol. The van der Waals surface area contributed by atoms with Crippen LogP contribution in [0.3, 0.4) is 0 Å². The van der Waals surface area contributed by atoms with Crippen molar-refractivity contribution >= 4 is 29.9 Å². The van der Waals surface area contributed by atoms with Gasteiger partial charge in [0.25, 0.3) is 0 Å². The maximum absolute atomic E-state index is 5.63. The summed E-state index contributed by atoms with van der Waals surface area (Å²) in [7, 11) is 1.83. The molecule has 0 amide bonds. The summed E-state index contributed by atoms with van der Waals surface area (Å²) < 4.78 is 5.63. The Kier molecular flexibility index (Phi) is 12.3. The van der Waals surface area contributed by atoms with Gasteiger partial charge in [-0.25, -0.2) is 0 Å². The minimum atomic E-state index is 0. The average molecular weight is 440 g/mol. The lowest BCUT2D eigenvalue weighted by Gasteiger charge is -2.22. The van der Waals surface area contributed by atoms with Crippen molar-refractivity contribution in [2.75, 3.05) is 39.9 Å². The lowest BCUT2D eigenvalue weighted by atomic mass is 10.1. The van der Waals surface area contributed by atoms with Gasteiger partial charge in [-0.3, -0.25) is 9.89 Å². The highest BCUT2D eigenvalue weighted by atomic mass is 127. The largest absolute Gasteiger partial charge is 0.380 e. The van der Waals surface area contributed by atoms with Crippen molar-refractivity contribution in [1.82, 2.24) is 15.5 Å². The summed E-state index contributed by atoms with van der Waals surface area (Å²) in [4.78, 5) is 6.84. The van der Waals surface area contributed by atoms with Gasteiger partial charge in [0.05, 0.1) is 6.61 Å². The first-order chi connectivity index (χ1) is 10.4. The van der Waals surface area contributed by atoms with Crippen LogP contribution in [0.4, 0.5) is 0 Å². The molecule has 0 bridgehead atoms. The molecule has 0 radical (unpaired) electrons. The van der Waals surface area contributed by atoms with E-state index in [2.05, 4.69) is 55.1 Å². The third-order valence-electron chi connectivity index (χ3n) is 4.29. The van der Waals surface area contributed by atoms with E-state index in [0.717, 1.165) is 45.2 Å². The standard InChI is InChI=1S/C17H36N4O.HI/c1-13(2)7-9-22-10-8-19-17(18-6)20-16-12-21(14(3)4)11-15(16)5;/h13-16H,7-12H2,1-6H3,(H2,18,19,20);1H. The highest BCUT2D eigenvalue weighted by Gasteiger charge is 2.31. The summed E-state index contributed by atoms with van der Waals surface area (Å²) >= 11 is 0. The minimum Gasteiger partial charge on any atom is -0.380 e. The van der Waals surface area contributed by atoms with Gasteiger partial charge in [0.1, 0.15) is 0 Å². The first-order valence-electron chi connectivity index (χ1n) is 8.73. The Labute approximate surface area is 160 Å². The van der Waals surface area contributed by atoms with E-state index in [0.29, 0.717) is 23.9 Å². The molecule has 1 fully saturated rings. The molecule has 1 saturated heterocycles. The normalized spacial score (nSPS) is 22.5. The molecule has 23 heavy (non-hydrogen) atoms. The van der Waals surface area contributed by atoms with E-state index in [1.165, 1.54) is 0 Å². The molecule has 1 aliphatic heterocycles. The number of guanidine groups is 1. The summed E-state index contributed by atoms with van der Waals surface area (Å²) in [5.41, 5.74) is 0. The molecule has 0 aromatic heterocycles. The third-order valence-corrected chi connectivity index (χ3v) is 4.29. The number of hydrogen-bond acceptors (Lipinski definition) is 3. The van der Waals surface area contributed by atoms with Gasteiger partial charge in [0, 0.05) is 45.4 Å². The minimum absolute atomic E-state index is 0. The van der Waals surface area contributed by atoms with Crippen molar-refractivity contribution in [2.45, 2.75) is 53.1 Å². The quantitative estimate of drug-likeness (QED) is 0.264. The molecule has 0 aliphatic carbocycles. The lowest BCUT2D eigenvalue weighted by Crippen LogP contribution is -2.47. The van der Waals surface area contributed by atoms with Crippen LogP contribution in [0.15, 0.2) is 4.99 Å². The average Bonchev–Trinajstić information content (AvgIpc) is 2.82. The van der Waals surface area contributed by atoms with Crippen molar-refractivity contribution in [3.8, 4) is 0 Å². The monoisotopic (exact) mass is 440 g/mol. The Morgan fingerprint density at radius 1 is 1.22 bits per heavy atom. The molecule has 6 heteroatoms. The molecular formula is C17H37IN4O. The molecule has 138 valence electrons. The molecule has 2 N–H and O–H groups in total. The molecule has 0 saturated carbocycles. The molecule has 0 aromatic rings. The van der Waals surface area contributed by atoms with Crippen LogP contribution >= 0.6 is 24.0 Å². The topological polar surface area (TPSA) is 48.9 Å². The van der Waals surface area contributed by atoms with Crippen molar-refractivity contribution in [3.63, 3.8) is 0 Å². The molecule has 1 rings (SSSR count). The van der Waals surface area contributed by atoms with E-state index in [1.54, 1.807) is 0 Å². The van der Waals surface area contributed by atoms with Crippen LogP contribution in [0.1, 0.15) is 41.0 Å². The first kappa shape index (κ1) is 22.9. The maximum atomic E-state index is 5.63. The molecule has 2 unspecified atom stereocenters. The predicted molar refractivity (Wildman–Crippen MR) is 110 cm³/mol.